The zero-order valence-electron chi connectivity index (χ0n) is 22.9. The van der Waals surface area contributed by atoms with E-state index in [1.165, 1.54) is 16.7 Å². The molecule has 9 heteroatoms. The summed E-state index contributed by atoms with van der Waals surface area (Å²) in [6.45, 7) is 9.70. The van der Waals surface area contributed by atoms with Crippen molar-refractivity contribution in [2.45, 2.75) is 70.5 Å². The fourth-order valence-electron chi connectivity index (χ4n) is 4.41. The van der Waals surface area contributed by atoms with Crippen molar-refractivity contribution in [3.05, 3.63) is 71.3 Å². The highest BCUT2D eigenvalue weighted by molar-refractivity contribution is 8.00. The van der Waals surface area contributed by atoms with Gasteiger partial charge in [-0.1, -0.05) is 54.6 Å². The number of thioether (sulfide) groups is 1. The van der Waals surface area contributed by atoms with Crippen molar-refractivity contribution >= 4 is 29.5 Å². The molecule has 38 heavy (non-hydrogen) atoms. The second-order valence-corrected chi connectivity index (χ2v) is 12.6. The molecule has 0 aromatic heterocycles. The Balaban J connectivity index is 1.81. The molecule has 1 heterocycles. The molecular weight excluding hydrogens is 500 g/mol. The van der Waals surface area contributed by atoms with Gasteiger partial charge in [-0.2, -0.15) is 0 Å². The molecule has 1 fully saturated rings. The SMILES string of the molecule is Cc1ccccc1CNC(=O)[C@H]1N(C(=O)[C@@H](O)[C@H](Cc2ccccc2)NC(=O)C(C)(C)CN)CSC1(C)C. The van der Waals surface area contributed by atoms with Gasteiger partial charge in [-0.25, -0.2) is 0 Å². The summed E-state index contributed by atoms with van der Waals surface area (Å²) >= 11 is 1.48. The smallest absolute Gasteiger partial charge is 0.254 e. The normalized spacial score (nSPS) is 18.5. The average Bonchev–Trinajstić information content (AvgIpc) is 3.22. The maximum Gasteiger partial charge on any atom is 0.254 e. The van der Waals surface area contributed by atoms with Crippen LogP contribution in [0.15, 0.2) is 54.6 Å². The molecule has 0 radical (unpaired) electrons. The zero-order valence-corrected chi connectivity index (χ0v) is 23.7. The molecule has 0 bridgehead atoms. The number of carbonyl (C=O) groups is 3. The first-order valence-electron chi connectivity index (χ1n) is 12.9. The Labute approximate surface area is 229 Å². The lowest BCUT2D eigenvalue weighted by Crippen LogP contribution is -2.59. The van der Waals surface area contributed by atoms with Crippen LogP contribution < -0.4 is 16.4 Å². The van der Waals surface area contributed by atoms with E-state index in [0.717, 1.165) is 16.7 Å². The Morgan fingerprint density at radius 3 is 2.39 bits per heavy atom. The van der Waals surface area contributed by atoms with E-state index in [0.29, 0.717) is 6.54 Å². The summed E-state index contributed by atoms with van der Waals surface area (Å²) in [5.41, 5.74) is 7.83. The summed E-state index contributed by atoms with van der Waals surface area (Å²) in [5, 5.41) is 17.2. The molecule has 8 nitrogen and oxygen atoms in total. The van der Waals surface area contributed by atoms with E-state index in [1.54, 1.807) is 13.8 Å². The quantitative estimate of drug-likeness (QED) is 0.367. The van der Waals surface area contributed by atoms with Crippen LogP contribution in [0, 0.1) is 12.3 Å². The summed E-state index contributed by atoms with van der Waals surface area (Å²) in [7, 11) is 0. The highest BCUT2D eigenvalue weighted by Crippen LogP contribution is 2.40. The third kappa shape index (κ3) is 6.95. The minimum Gasteiger partial charge on any atom is -0.381 e. The van der Waals surface area contributed by atoms with Gasteiger partial charge in [0, 0.05) is 17.8 Å². The molecule has 1 aliphatic rings. The number of aliphatic hydroxyl groups is 1. The summed E-state index contributed by atoms with van der Waals surface area (Å²) in [6.07, 6.45) is -1.30. The number of nitrogens with zero attached hydrogens (tertiary/aromatic N) is 1. The van der Waals surface area contributed by atoms with Crippen LogP contribution in [0.3, 0.4) is 0 Å². The van der Waals surface area contributed by atoms with Crippen molar-refractivity contribution in [2.24, 2.45) is 11.1 Å². The maximum absolute atomic E-state index is 13.7. The zero-order chi connectivity index (χ0) is 28.1. The molecule has 3 rings (SSSR count). The van der Waals surface area contributed by atoms with E-state index < -0.39 is 34.3 Å². The predicted molar refractivity (Wildman–Crippen MR) is 151 cm³/mol. The molecule has 2 aromatic carbocycles. The highest BCUT2D eigenvalue weighted by atomic mass is 32.2. The molecule has 1 saturated heterocycles. The van der Waals surface area contributed by atoms with Gasteiger partial charge in [0.2, 0.25) is 11.8 Å². The fourth-order valence-corrected chi connectivity index (χ4v) is 5.55. The molecule has 0 spiro atoms. The molecule has 0 aliphatic carbocycles. The third-order valence-electron chi connectivity index (χ3n) is 7.17. The summed E-state index contributed by atoms with van der Waals surface area (Å²) in [5.74, 6) is -0.968. The van der Waals surface area contributed by atoms with Crippen molar-refractivity contribution in [3.63, 3.8) is 0 Å². The first kappa shape index (κ1) is 29.7. The van der Waals surface area contributed by atoms with Gasteiger partial charge >= 0.3 is 0 Å². The first-order chi connectivity index (χ1) is 17.9. The molecule has 3 amide bonds. The van der Waals surface area contributed by atoms with Gasteiger partial charge < -0.3 is 26.4 Å². The van der Waals surface area contributed by atoms with Gasteiger partial charge in [0.05, 0.1) is 17.3 Å². The second kappa shape index (κ2) is 12.3. The van der Waals surface area contributed by atoms with Crippen molar-refractivity contribution in [3.8, 4) is 0 Å². The summed E-state index contributed by atoms with van der Waals surface area (Å²) in [4.78, 5) is 41.5. The lowest BCUT2D eigenvalue weighted by atomic mass is 9.91. The maximum atomic E-state index is 13.7. The van der Waals surface area contributed by atoms with Gasteiger partial charge in [-0.15, -0.1) is 11.8 Å². The fraction of sp³-hybridized carbons (Fsp3) is 0.483. The number of aliphatic hydroxyl groups excluding tert-OH is 1. The Kier molecular flexibility index (Phi) is 9.62. The van der Waals surface area contributed by atoms with Gasteiger partial charge in [0.15, 0.2) is 6.10 Å². The lowest BCUT2D eigenvalue weighted by Gasteiger charge is -2.34. The number of benzene rings is 2. The standard InChI is InChI=1S/C29H40N4O4S/c1-19-11-9-10-14-21(19)16-31-25(35)24-29(4,5)38-18-33(24)26(36)23(34)22(15-20-12-7-6-8-13-20)32-27(37)28(2,3)17-30/h6-14,22-24,34H,15-18,30H2,1-5H3,(H,31,35)(H,32,37)/t22-,23-,24+/m0/s1. The number of hydrogen-bond donors (Lipinski definition) is 4. The second-order valence-electron chi connectivity index (χ2n) is 11.0. The van der Waals surface area contributed by atoms with Crippen LogP contribution in [0.5, 0.6) is 0 Å². The number of amides is 3. The number of nitrogens with two attached hydrogens (primary N) is 1. The average molecular weight is 541 g/mol. The topological polar surface area (TPSA) is 125 Å². The van der Waals surface area contributed by atoms with Crippen LogP contribution in [0.2, 0.25) is 0 Å². The number of hydrogen-bond acceptors (Lipinski definition) is 6. The van der Waals surface area contributed by atoms with Gasteiger partial charge in [-0.3, -0.25) is 14.4 Å². The van der Waals surface area contributed by atoms with Crippen LogP contribution in [0.4, 0.5) is 0 Å². The molecule has 2 aromatic rings. The number of aryl methyl sites for hydroxylation is 1. The van der Waals surface area contributed by atoms with Gasteiger partial charge in [-0.05, 0) is 57.7 Å². The Morgan fingerprint density at radius 2 is 1.76 bits per heavy atom. The number of nitrogens with one attached hydrogen (secondary N) is 2. The van der Waals surface area contributed by atoms with E-state index >= 15 is 0 Å². The molecular formula is C29H40N4O4S. The molecule has 206 valence electrons. The minimum absolute atomic E-state index is 0.112. The van der Waals surface area contributed by atoms with E-state index in [1.807, 2.05) is 75.4 Å². The highest BCUT2D eigenvalue weighted by Gasteiger charge is 2.50. The van der Waals surface area contributed by atoms with Crippen molar-refractivity contribution in [1.82, 2.24) is 15.5 Å². The van der Waals surface area contributed by atoms with E-state index in [9.17, 15) is 19.5 Å². The molecule has 3 atom stereocenters. The Hall–Kier alpha value is -2.88. The summed E-state index contributed by atoms with van der Waals surface area (Å²) < 4.78 is -0.565. The van der Waals surface area contributed by atoms with E-state index in [2.05, 4.69) is 10.6 Å². The Morgan fingerprint density at radius 1 is 1.13 bits per heavy atom. The van der Waals surface area contributed by atoms with Gasteiger partial charge in [0.1, 0.15) is 6.04 Å². The van der Waals surface area contributed by atoms with Crippen LogP contribution in [0.1, 0.15) is 44.4 Å². The number of carbonyl (C=O) groups excluding carboxylic acids is 3. The third-order valence-corrected chi connectivity index (χ3v) is 8.54. The predicted octanol–water partition coefficient (Wildman–Crippen LogP) is 2.36. The van der Waals surface area contributed by atoms with Crippen LogP contribution in [-0.2, 0) is 27.3 Å². The van der Waals surface area contributed by atoms with Crippen LogP contribution in [-0.4, -0.2) is 63.1 Å². The first-order valence-corrected chi connectivity index (χ1v) is 13.9. The van der Waals surface area contributed by atoms with Crippen molar-refractivity contribution < 1.29 is 19.5 Å². The van der Waals surface area contributed by atoms with E-state index in [4.69, 9.17) is 5.73 Å². The largest absolute Gasteiger partial charge is 0.381 e. The van der Waals surface area contributed by atoms with E-state index in [-0.39, 0.29) is 30.7 Å². The van der Waals surface area contributed by atoms with Crippen molar-refractivity contribution in [1.29, 1.82) is 0 Å². The summed E-state index contributed by atoms with van der Waals surface area (Å²) in [6, 6.07) is 15.5. The molecule has 0 unspecified atom stereocenters. The molecule has 0 saturated carbocycles. The molecule has 5 N–H and O–H groups in total. The number of rotatable bonds is 10. The van der Waals surface area contributed by atoms with Crippen LogP contribution in [0.25, 0.3) is 0 Å². The minimum atomic E-state index is -1.55. The van der Waals surface area contributed by atoms with Gasteiger partial charge in [0.25, 0.3) is 5.91 Å². The lowest BCUT2D eigenvalue weighted by molar-refractivity contribution is -0.148. The molecule has 1 aliphatic heterocycles. The Bertz CT molecular complexity index is 1140. The van der Waals surface area contributed by atoms with Crippen LogP contribution >= 0.6 is 11.8 Å². The van der Waals surface area contributed by atoms with Crippen molar-refractivity contribution in [2.75, 3.05) is 12.4 Å². The monoisotopic (exact) mass is 540 g/mol.